The molecular formula is C25H29F3N4O4. The maximum Gasteiger partial charge on any atom is 0.416 e. The number of methoxy groups -OCH3 is 1. The van der Waals surface area contributed by atoms with Crippen molar-refractivity contribution >= 4 is 22.7 Å². The van der Waals surface area contributed by atoms with Gasteiger partial charge in [-0.05, 0) is 37.1 Å². The smallest absolute Gasteiger partial charge is 0.416 e. The maximum absolute atomic E-state index is 13.5. The second kappa shape index (κ2) is 10.8. The quantitative estimate of drug-likeness (QED) is 0.384. The van der Waals surface area contributed by atoms with Crippen LogP contribution in [0.5, 0.6) is 11.5 Å². The molecule has 1 saturated heterocycles. The summed E-state index contributed by atoms with van der Waals surface area (Å²) >= 11 is 0. The molecule has 1 aliphatic rings. The molecule has 0 amide bonds. The van der Waals surface area contributed by atoms with E-state index >= 15 is 0 Å². The van der Waals surface area contributed by atoms with Crippen molar-refractivity contribution in [3.8, 4) is 11.5 Å². The van der Waals surface area contributed by atoms with Gasteiger partial charge in [0.15, 0.2) is 11.5 Å². The van der Waals surface area contributed by atoms with E-state index in [0.29, 0.717) is 47.0 Å². The van der Waals surface area contributed by atoms with E-state index in [9.17, 15) is 18.3 Å². The lowest BCUT2D eigenvalue weighted by Gasteiger charge is -2.22. The molecule has 3 aromatic rings. The Bertz CT molecular complexity index is 1220. The molecule has 0 unspecified atom stereocenters. The molecule has 0 bridgehead atoms. The third-order valence-electron chi connectivity index (χ3n) is 6.06. The number of nitrogens with zero attached hydrogens (tertiary/aromatic N) is 2. The number of benzene rings is 2. The van der Waals surface area contributed by atoms with Crippen LogP contribution in [0.25, 0.3) is 10.9 Å². The number of aromatic nitrogens is 2. The van der Waals surface area contributed by atoms with Gasteiger partial charge in [-0.15, -0.1) is 0 Å². The molecule has 3 N–H and O–H groups in total. The molecule has 2 heterocycles. The first-order chi connectivity index (χ1) is 17.2. The molecule has 1 aliphatic heterocycles. The lowest BCUT2D eigenvalue weighted by atomic mass is 9.97. The summed E-state index contributed by atoms with van der Waals surface area (Å²) in [4.78, 5) is 9.06. The highest BCUT2D eigenvalue weighted by molar-refractivity contribution is 5.93. The van der Waals surface area contributed by atoms with Gasteiger partial charge in [0.05, 0.1) is 44.1 Å². The zero-order valence-electron chi connectivity index (χ0n) is 20.3. The van der Waals surface area contributed by atoms with E-state index in [4.69, 9.17) is 14.2 Å². The first kappa shape index (κ1) is 25.8. The first-order valence-electron chi connectivity index (χ1n) is 11.6. The number of aliphatic hydroxyl groups is 1. The zero-order chi connectivity index (χ0) is 25.9. The summed E-state index contributed by atoms with van der Waals surface area (Å²) in [5.74, 6) is 1.63. The second-order valence-corrected chi connectivity index (χ2v) is 8.55. The van der Waals surface area contributed by atoms with E-state index in [1.807, 2.05) is 0 Å². The minimum atomic E-state index is -4.45. The molecule has 11 heteroatoms. The molecule has 2 aromatic carbocycles. The van der Waals surface area contributed by atoms with Gasteiger partial charge < -0.3 is 30.0 Å². The summed E-state index contributed by atoms with van der Waals surface area (Å²) in [6.07, 6.45) is -3.82. The lowest BCUT2D eigenvalue weighted by molar-refractivity contribution is -0.138. The normalized spacial score (nSPS) is 16.7. The van der Waals surface area contributed by atoms with Gasteiger partial charge in [-0.1, -0.05) is 12.1 Å². The van der Waals surface area contributed by atoms with E-state index in [-0.39, 0.29) is 30.8 Å². The fraction of sp³-hybridized carbons (Fsp3) is 0.440. The van der Waals surface area contributed by atoms with Crippen LogP contribution in [0, 0.1) is 6.92 Å². The summed E-state index contributed by atoms with van der Waals surface area (Å²) in [7, 11) is 1.53. The predicted molar refractivity (Wildman–Crippen MR) is 130 cm³/mol. The number of halogens is 3. The van der Waals surface area contributed by atoms with Gasteiger partial charge in [0.25, 0.3) is 0 Å². The van der Waals surface area contributed by atoms with Gasteiger partial charge in [0.1, 0.15) is 11.9 Å². The number of anilines is 2. The van der Waals surface area contributed by atoms with E-state index < -0.39 is 17.8 Å². The molecule has 0 spiro atoms. The van der Waals surface area contributed by atoms with Crippen molar-refractivity contribution in [1.82, 2.24) is 9.97 Å². The van der Waals surface area contributed by atoms with Gasteiger partial charge in [-0.2, -0.15) is 18.2 Å². The van der Waals surface area contributed by atoms with Gasteiger partial charge in [-0.3, -0.25) is 0 Å². The molecule has 4 rings (SSSR count). The molecule has 194 valence electrons. The Hall–Kier alpha value is -3.31. The van der Waals surface area contributed by atoms with E-state index in [0.717, 1.165) is 12.5 Å². The van der Waals surface area contributed by atoms with Crippen molar-refractivity contribution in [1.29, 1.82) is 0 Å². The predicted octanol–water partition coefficient (Wildman–Crippen LogP) is 4.71. The molecule has 1 aromatic heterocycles. The van der Waals surface area contributed by atoms with Crippen LogP contribution in [0.4, 0.5) is 24.9 Å². The number of alkyl halides is 3. The second-order valence-electron chi connectivity index (χ2n) is 8.55. The van der Waals surface area contributed by atoms with Gasteiger partial charge in [0.2, 0.25) is 5.95 Å². The van der Waals surface area contributed by atoms with Crippen molar-refractivity contribution in [3.63, 3.8) is 0 Å². The van der Waals surface area contributed by atoms with Gasteiger partial charge in [-0.25, -0.2) is 4.98 Å². The van der Waals surface area contributed by atoms with Crippen LogP contribution in [-0.2, 0) is 10.9 Å². The van der Waals surface area contributed by atoms with Crippen LogP contribution in [0.2, 0.25) is 0 Å². The SMILES string of the molecule is COc1cc2nc(NCCO)nc(N[C@H](C)c3cccc(C(F)(F)F)c3C)c2cc1O[C@H]1CCOC1. The highest BCUT2D eigenvalue weighted by atomic mass is 19.4. The van der Waals surface area contributed by atoms with Crippen molar-refractivity contribution < 1.29 is 32.5 Å². The third kappa shape index (κ3) is 5.57. The summed E-state index contributed by atoms with van der Waals surface area (Å²) in [6.45, 7) is 4.43. The Labute approximate surface area is 206 Å². The summed E-state index contributed by atoms with van der Waals surface area (Å²) in [6, 6.07) is 7.11. The number of hydrogen-bond acceptors (Lipinski definition) is 8. The van der Waals surface area contributed by atoms with E-state index in [1.54, 1.807) is 25.1 Å². The van der Waals surface area contributed by atoms with E-state index in [1.165, 1.54) is 20.1 Å². The zero-order valence-corrected chi connectivity index (χ0v) is 20.3. The highest BCUT2D eigenvalue weighted by Gasteiger charge is 2.33. The Balaban J connectivity index is 1.76. The molecule has 0 radical (unpaired) electrons. The number of nitrogens with one attached hydrogen (secondary N) is 2. The minimum Gasteiger partial charge on any atom is -0.493 e. The number of aliphatic hydroxyl groups excluding tert-OH is 1. The number of ether oxygens (including phenoxy) is 3. The largest absolute Gasteiger partial charge is 0.493 e. The molecule has 1 fully saturated rings. The molecule has 36 heavy (non-hydrogen) atoms. The van der Waals surface area contributed by atoms with Crippen LogP contribution < -0.4 is 20.1 Å². The van der Waals surface area contributed by atoms with Crippen LogP contribution in [-0.4, -0.2) is 54.7 Å². The van der Waals surface area contributed by atoms with Crippen LogP contribution in [0.1, 0.15) is 36.1 Å². The summed E-state index contributed by atoms with van der Waals surface area (Å²) in [5.41, 5.74) is 0.502. The maximum atomic E-state index is 13.5. The van der Waals surface area contributed by atoms with Gasteiger partial charge >= 0.3 is 6.18 Å². The fourth-order valence-electron chi connectivity index (χ4n) is 4.24. The average molecular weight is 507 g/mol. The minimum absolute atomic E-state index is 0.120. The van der Waals surface area contributed by atoms with Crippen LogP contribution in [0.15, 0.2) is 30.3 Å². The summed E-state index contributed by atoms with van der Waals surface area (Å²) in [5, 5.41) is 16.0. The summed E-state index contributed by atoms with van der Waals surface area (Å²) < 4.78 is 57.5. The standard InChI is InChI=1S/C25H29F3N4O4/c1-14-17(5-4-6-19(14)25(26,27)28)15(2)30-23-18-11-22(36-16-7-10-35-13-16)21(34-3)12-20(18)31-24(32-23)29-8-9-33/h4-6,11-12,15-16,33H,7-10,13H2,1-3H3,(H2,29,30,31,32)/t15-,16+/m1/s1. The number of hydrogen-bond donors (Lipinski definition) is 3. The molecular weight excluding hydrogens is 477 g/mol. The Morgan fingerprint density at radius 1 is 1.22 bits per heavy atom. The average Bonchev–Trinajstić information content (AvgIpc) is 3.35. The Morgan fingerprint density at radius 2 is 2.03 bits per heavy atom. The highest BCUT2D eigenvalue weighted by Crippen LogP contribution is 2.38. The van der Waals surface area contributed by atoms with Crippen molar-refractivity contribution in [3.05, 3.63) is 47.0 Å². The molecule has 0 aliphatic carbocycles. The molecule has 0 saturated carbocycles. The van der Waals surface area contributed by atoms with Crippen molar-refractivity contribution in [2.45, 2.75) is 38.6 Å². The first-order valence-corrected chi connectivity index (χ1v) is 11.6. The van der Waals surface area contributed by atoms with Crippen LogP contribution >= 0.6 is 0 Å². The fourth-order valence-corrected chi connectivity index (χ4v) is 4.24. The molecule has 8 nitrogen and oxygen atoms in total. The Kier molecular flexibility index (Phi) is 7.70. The monoisotopic (exact) mass is 506 g/mol. The Morgan fingerprint density at radius 3 is 2.69 bits per heavy atom. The van der Waals surface area contributed by atoms with Crippen molar-refractivity contribution in [2.75, 3.05) is 44.1 Å². The number of fused-ring (bicyclic) bond motifs is 1. The number of rotatable bonds is 9. The van der Waals surface area contributed by atoms with Gasteiger partial charge in [0, 0.05) is 24.4 Å². The van der Waals surface area contributed by atoms with Crippen LogP contribution in [0.3, 0.4) is 0 Å². The third-order valence-corrected chi connectivity index (χ3v) is 6.06. The topological polar surface area (TPSA) is 97.8 Å². The molecule has 2 atom stereocenters. The van der Waals surface area contributed by atoms with E-state index in [2.05, 4.69) is 20.6 Å². The van der Waals surface area contributed by atoms with Crippen molar-refractivity contribution in [2.24, 2.45) is 0 Å². The lowest BCUT2D eigenvalue weighted by Crippen LogP contribution is -2.17.